The van der Waals surface area contributed by atoms with Crippen LogP contribution in [0.15, 0.2) is 30.3 Å². The molecule has 0 fully saturated rings. The maximum absolute atomic E-state index is 11.8. The molecule has 98 valence electrons. The third-order valence-corrected chi connectivity index (χ3v) is 2.69. The number of carbonyl (C=O) groups is 1. The Bertz CT molecular complexity index is 574. The second-order valence-corrected chi connectivity index (χ2v) is 4.05. The van der Waals surface area contributed by atoms with Gasteiger partial charge in [0.15, 0.2) is 5.56 Å². The Hall–Kier alpha value is -2.43. The first-order valence-corrected chi connectivity index (χ1v) is 6.05. The lowest BCUT2D eigenvalue weighted by Crippen LogP contribution is -2.23. The fourth-order valence-electron chi connectivity index (χ4n) is 1.83. The van der Waals surface area contributed by atoms with Crippen molar-refractivity contribution < 1.29 is 14.5 Å². The first-order valence-electron chi connectivity index (χ1n) is 6.05. The molecule has 0 unspecified atom stereocenters. The summed E-state index contributed by atoms with van der Waals surface area (Å²) in [6, 6.07) is 9.58. The fraction of sp³-hybridized carbons (Fsp3) is 0.214. The molecule has 1 aromatic carbocycles. The molecule has 0 atom stereocenters. The van der Waals surface area contributed by atoms with E-state index in [2.05, 4.69) is 9.97 Å². The molecule has 3 N–H and O–H groups in total. The topological polar surface area (TPSA) is 79.3 Å². The molecule has 0 saturated heterocycles. The molecule has 0 aliphatic heterocycles. The first kappa shape index (κ1) is 13.0. The molecule has 1 heterocycles. The average molecular weight is 258 g/mol. The van der Waals surface area contributed by atoms with Gasteiger partial charge in [-0.15, -0.1) is 4.98 Å². The smallest absolute Gasteiger partial charge is 0.348 e. The van der Waals surface area contributed by atoms with Crippen LogP contribution in [0.3, 0.4) is 0 Å². The molecular formula is C14H16N3O2+. The summed E-state index contributed by atoms with van der Waals surface area (Å²) in [6.07, 6.45) is 0. The van der Waals surface area contributed by atoms with Gasteiger partial charge in [-0.2, -0.15) is 0 Å². The Kier molecular flexibility index (Phi) is 3.75. The zero-order valence-electron chi connectivity index (χ0n) is 10.9. The van der Waals surface area contributed by atoms with Gasteiger partial charge in [-0.3, -0.25) is 0 Å². The van der Waals surface area contributed by atoms with Crippen LogP contribution in [0.5, 0.6) is 0 Å². The Morgan fingerprint density at radius 3 is 2.63 bits per heavy atom. The standard InChI is InChI=1S/C14H15N3O2/c1-3-19-14(18)11-9(2)16-13(17-12(11)15)10-7-5-4-6-8-10/h4-8H,3H2,1-2H3,(H2,15,16,17)/p+1. The molecule has 2 rings (SSSR count). The predicted molar refractivity (Wildman–Crippen MR) is 71.3 cm³/mol. The van der Waals surface area contributed by atoms with Crippen LogP contribution in [0.1, 0.15) is 23.0 Å². The van der Waals surface area contributed by atoms with Gasteiger partial charge in [0.1, 0.15) is 5.69 Å². The van der Waals surface area contributed by atoms with Crippen LogP contribution < -0.4 is 10.7 Å². The summed E-state index contributed by atoms with van der Waals surface area (Å²) in [5, 5.41) is 0. The largest absolute Gasteiger partial charge is 0.462 e. The van der Waals surface area contributed by atoms with Gasteiger partial charge >= 0.3 is 5.97 Å². The lowest BCUT2D eigenvalue weighted by atomic mass is 10.1. The highest BCUT2D eigenvalue weighted by atomic mass is 16.5. The number of rotatable bonds is 3. The van der Waals surface area contributed by atoms with Crippen molar-refractivity contribution >= 4 is 11.8 Å². The number of esters is 1. The number of hydrogen-bond donors (Lipinski definition) is 1. The van der Waals surface area contributed by atoms with Gasteiger partial charge in [0.25, 0.3) is 5.82 Å². The molecule has 19 heavy (non-hydrogen) atoms. The number of nitrogens with zero attached hydrogens (tertiary/aromatic N) is 1. The summed E-state index contributed by atoms with van der Waals surface area (Å²) >= 11 is 0. The van der Waals surface area contributed by atoms with E-state index in [1.807, 2.05) is 30.3 Å². The van der Waals surface area contributed by atoms with Crippen molar-refractivity contribution in [3.8, 4) is 11.4 Å². The van der Waals surface area contributed by atoms with Gasteiger partial charge in [0.2, 0.25) is 5.82 Å². The number of aryl methyl sites for hydroxylation is 1. The molecule has 5 heteroatoms. The van der Waals surface area contributed by atoms with Gasteiger partial charge in [-0.25, -0.2) is 9.78 Å². The van der Waals surface area contributed by atoms with Gasteiger partial charge in [-0.05, 0) is 26.0 Å². The predicted octanol–water partition coefficient (Wildman–Crippen LogP) is 1.63. The number of nitrogen functional groups attached to an aromatic ring is 1. The maximum Gasteiger partial charge on any atom is 0.348 e. The Labute approximate surface area is 111 Å². The van der Waals surface area contributed by atoms with Crippen molar-refractivity contribution in [2.24, 2.45) is 0 Å². The third kappa shape index (κ3) is 2.70. The molecule has 1 aromatic heterocycles. The van der Waals surface area contributed by atoms with Gasteiger partial charge in [-0.1, -0.05) is 18.2 Å². The summed E-state index contributed by atoms with van der Waals surface area (Å²) in [5.74, 6) is 0.439. The number of ether oxygens (including phenoxy) is 1. The SMILES string of the molecule is CCOC(=O)c1c(C)nc(-c2ccccc2)[nH+]c1N. The number of aromatic nitrogens is 2. The van der Waals surface area contributed by atoms with Crippen LogP contribution in [0.4, 0.5) is 5.82 Å². The Morgan fingerprint density at radius 2 is 2.05 bits per heavy atom. The molecule has 0 spiro atoms. The highest BCUT2D eigenvalue weighted by molar-refractivity contribution is 5.94. The quantitative estimate of drug-likeness (QED) is 0.848. The van der Waals surface area contributed by atoms with Crippen LogP contribution in [0, 0.1) is 6.92 Å². The van der Waals surface area contributed by atoms with Crippen molar-refractivity contribution in [2.75, 3.05) is 12.3 Å². The Balaban J connectivity index is 2.45. The monoisotopic (exact) mass is 258 g/mol. The Morgan fingerprint density at radius 1 is 1.37 bits per heavy atom. The van der Waals surface area contributed by atoms with E-state index in [-0.39, 0.29) is 5.82 Å². The second kappa shape index (κ2) is 5.48. The number of benzene rings is 1. The van der Waals surface area contributed by atoms with Crippen LogP contribution >= 0.6 is 0 Å². The molecule has 0 aliphatic rings. The van der Waals surface area contributed by atoms with Crippen molar-refractivity contribution in [3.63, 3.8) is 0 Å². The average Bonchev–Trinajstić information content (AvgIpc) is 2.39. The van der Waals surface area contributed by atoms with E-state index >= 15 is 0 Å². The summed E-state index contributed by atoms with van der Waals surface area (Å²) in [4.78, 5) is 19.1. The molecule has 0 bridgehead atoms. The van der Waals surface area contributed by atoms with E-state index < -0.39 is 5.97 Å². The fourth-order valence-corrected chi connectivity index (χ4v) is 1.83. The molecular weight excluding hydrogens is 242 g/mol. The van der Waals surface area contributed by atoms with Crippen LogP contribution in [-0.4, -0.2) is 17.6 Å². The van der Waals surface area contributed by atoms with Crippen molar-refractivity contribution in [2.45, 2.75) is 13.8 Å². The minimum Gasteiger partial charge on any atom is -0.462 e. The van der Waals surface area contributed by atoms with Crippen molar-refractivity contribution in [3.05, 3.63) is 41.6 Å². The highest BCUT2D eigenvalue weighted by Crippen LogP contribution is 2.17. The van der Waals surface area contributed by atoms with Crippen LogP contribution in [0.25, 0.3) is 11.4 Å². The number of H-pyrrole nitrogens is 1. The molecule has 0 aliphatic carbocycles. The van der Waals surface area contributed by atoms with E-state index in [1.54, 1.807) is 13.8 Å². The number of nitrogens with two attached hydrogens (primary N) is 1. The number of anilines is 1. The lowest BCUT2D eigenvalue weighted by molar-refractivity contribution is -0.351. The zero-order chi connectivity index (χ0) is 13.8. The summed E-state index contributed by atoms with van der Waals surface area (Å²) in [7, 11) is 0. The maximum atomic E-state index is 11.8. The third-order valence-electron chi connectivity index (χ3n) is 2.69. The van der Waals surface area contributed by atoms with E-state index in [1.165, 1.54) is 0 Å². The minimum absolute atomic E-state index is 0.268. The lowest BCUT2D eigenvalue weighted by Gasteiger charge is -2.05. The second-order valence-electron chi connectivity index (χ2n) is 4.05. The van der Waals surface area contributed by atoms with Crippen molar-refractivity contribution in [1.82, 2.24) is 4.98 Å². The summed E-state index contributed by atoms with van der Waals surface area (Å²) in [6.45, 7) is 3.79. The van der Waals surface area contributed by atoms with Crippen LogP contribution in [-0.2, 0) is 4.74 Å². The summed E-state index contributed by atoms with van der Waals surface area (Å²) in [5.41, 5.74) is 7.65. The van der Waals surface area contributed by atoms with E-state index in [9.17, 15) is 4.79 Å². The number of aromatic amines is 1. The van der Waals surface area contributed by atoms with E-state index in [0.29, 0.717) is 23.7 Å². The summed E-state index contributed by atoms with van der Waals surface area (Å²) < 4.78 is 4.96. The molecule has 0 amide bonds. The molecule has 0 radical (unpaired) electrons. The van der Waals surface area contributed by atoms with Gasteiger partial charge in [0, 0.05) is 0 Å². The normalized spacial score (nSPS) is 10.2. The molecule has 0 saturated carbocycles. The first-order chi connectivity index (χ1) is 9.13. The highest BCUT2D eigenvalue weighted by Gasteiger charge is 2.23. The molecule has 5 nitrogen and oxygen atoms in total. The van der Waals surface area contributed by atoms with E-state index in [4.69, 9.17) is 10.5 Å². The number of hydrogen-bond acceptors (Lipinski definition) is 4. The number of carbonyl (C=O) groups excluding carboxylic acids is 1. The zero-order valence-corrected chi connectivity index (χ0v) is 10.9. The van der Waals surface area contributed by atoms with E-state index in [0.717, 1.165) is 5.56 Å². The minimum atomic E-state index is -0.458. The van der Waals surface area contributed by atoms with Gasteiger partial charge in [0.05, 0.1) is 12.2 Å². The van der Waals surface area contributed by atoms with Crippen molar-refractivity contribution in [1.29, 1.82) is 0 Å². The van der Waals surface area contributed by atoms with Gasteiger partial charge < -0.3 is 10.5 Å². The molecule has 2 aromatic rings. The number of nitrogens with one attached hydrogen (secondary N) is 1. The van der Waals surface area contributed by atoms with Crippen LogP contribution in [0.2, 0.25) is 0 Å².